The Morgan fingerprint density at radius 2 is 2.00 bits per heavy atom. The number of hydrogen-bond acceptors (Lipinski definition) is 5. The van der Waals surface area contributed by atoms with Gasteiger partial charge in [-0.2, -0.15) is 0 Å². The van der Waals surface area contributed by atoms with E-state index >= 15 is 0 Å². The van der Waals surface area contributed by atoms with Crippen molar-refractivity contribution in [3.8, 4) is 5.75 Å². The highest BCUT2D eigenvalue weighted by Crippen LogP contribution is 2.26. The van der Waals surface area contributed by atoms with Gasteiger partial charge in [-0.1, -0.05) is 18.2 Å². The largest absolute Gasteiger partial charge is 0.508 e. The second-order valence-electron chi connectivity index (χ2n) is 4.65. The summed E-state index contributed by atoms with van der Waals surface area (Å²) in [5.41, 5.74) is 1.94. The van der Waals surface area contributed by atoms with E-state index in [1.54, 1.807) is 23.5 Å². The molecule has 0 amide bonds. The van der Waals surface area contributed by atoms with Crippen molar-refractivity contribution in [1.29, 1.82) is 0 Å². The molecule has 2 N–H and O–H groups in total. The van der Waals surface area contributed by atoms with E-state index in [1.165, 1.54) is 0 Å². The van der Waals surface area contributed by atoms with Crippen molar-refractivity contribution < 1.29 is 5.11 Å². The van der Waals surface area contributed by atoms with Gasteiger partial charge in [0, 0.05) is 13.2 Å². The van der Waals surface area contributed by atoms with Gasteiger partial charge in [0.2, 0.25) is 0 Å². The maximum Gasteiger partial charge on any atom is 0.125 e. The molecule has 0 radical (unpaired) electrons. The van der Waals surface area contributed by atoms with E-state index in [-0.39, 0.29) is 5.75 Å². The van der Waals surface area contributed by atoms with E-state index in [0.29, 0.717) is 0 Å². The van der Waals surface area contributed by atoms with E-state index in [9.17, 15) is 5.11 Å². The van der Waals surface area contributed by atoms with Crippen LogP contribution in [0.2, 0.25) is 0 Å². The first kappa shape index (κ1) is 14.3. The van der Waals surface area contributed by atoms with Gasteiger partial charge in [0.25, 0.3) is 0 Å². The molecule has 3 rings (SSSR count). The molecule has 0 aliphatic carbocycles. The number of thiazole rings is 1. The first-order valence-corrected chi connectivity index (χ1v) is 7.64. The monoisotopic (exact) mass is 308 g/mol. The first-order valence-electron chi connectivity index (χ1n) is 6.83. The molecule has 2 aromatic heterocycles. The van der Waals surface area contributed by atoms with Gasteiger partial charge in [-0.25, -0.2) is 9.97 Å². The van der Waals surface area contributed by atoms with Crippen molar-refractivity contribution >= 4 is 39.5 Å². The number of benzene rings is 1. The molecule has 3 aromatic rings. The molecule has 110 valence electrons. The van der Waals surface area contributed by atoms with Crippen LogP contribution in [-0.4, -0.2) is 22.1 Å². The van der Waals surface area contributed by atoms with E-state index in [1.807, 2.05) is 55.7 Å². The standard InChI is InChI=1S/C17H15N3OS/c1-18-16-9-6-12(11-19-16)4-2-3-5-17-20-14-8-7-13(21)10-15(14)22-17/h2-11,21H,1H3,(H,18,19)/i1-1. The zero-order valence-electron chi connectivity index (χ0n) is 12.0. The second kappa shape index (κ2) is 6.41. The molecule has 22 heavy (non-hydrogen) atoms. The number of fused-ring (bicyclic) bond motifs is 1. The molecule has 0 fully saturated rings. The van der Waals surface area contributed by atoms with Crippen LogP contribution < -0.4 is 5.32 Å². The van der Waals surface area contributed by atoms with E-state index in [2.05, 4.69) is 15.3 Å². The first-order chi connectivity index (χ1) is 10.7. The van der Waals surface area contributed by atoms with Gasteiger partial charge in [0.05, 0.1) is 10.2 Å². The Kier molecular flexibility index (Phi) is 4.16. The lowest BCUT2D eigenvalue weighted by atomic mass is 10.2. The summed E-state index contributed by atoms with van der Waals surface area (Å²) in [7, 11) is 1.85. The fourth-order valence-corrected chi connectivity index (χ4v) is 2.87. The van der Waals surface area contributed by atoms with Gasteiger partial charge >= 0.3 is 0 Å². The Labute approximate surface area is 132 Å². The highest BCUT2D eigenvalue weighted by molar-refractivity contribution is 7.19. The Morgan fingerprint density at radius 3 is 2.77 bits per heavy atom. The molecule has 2 heterocycles. The summed E-state index contributed by atoms with van der Waals surface area (Å²) in [6.45, 7) is 0. The molecule has 1 aromatic carbocycles. The highest BCUT2D eigenvalue weighted by Gasteiger charge is 2.01. The summed E-state index contributed by atoms with van der Waals surface area (Å²) < 4.78 is 0.982. The summed E-state index contributed by atoms with van der Waals surface area (Å²) in [6, 6.07) is 9.14. The minimum Gasteiger partial charge on any atom is -0.508 e. The van der Waals surface area contributed by atoms with Crippen molar-refractivity contribution in [1.82, 2.24) is 9.97 Å². The number of aromatic nitrogens is 2. The highest BCUT2D eigenvalue weighted by atomic mass is 32.1. The molecule has 0 spiro atoms. The van der Waals surface area contributed by atoms with Crippen LogP contribution in [-0.2, 0) is 0 Å². The summed E-state index contributed by atoms with van der Waals surface area (Å²) >= 11 is 1.55. The summed E-state index contributed by atoms with van der Waals surface area (Å²) in [5, 5.41) is 13.4. The topological polar surface area (TPSA) is 58.0 Å². The normalized spacial score (nSPS) is 11.7. The molecule has 0 atom stereocenters. The third-order valence-corrected chi connectivity index (χ3v) is 4.05. The van der Waals surface area contributed by atoms with E-state index < -0.39 is 0 Å². The van der Waals surface area contributed by atoms with Crippen LogP contribution in [0.1, 0.15) is 10.6 Å². The number of hydrogen-bond donors (Lipinski definition) is 2. The number of rotatable bonds is 4. The number of phenols is 1. The lowest BCUT2D eigenvalue weighted by Gasteiger charge is -1.97. The van der Waals surface area contributed by atoms with E-state index in [0.717, 1.165) is 26.6 Å². The Bertz CT molecular complexity index is 835. The van der Waals surface area contributed by atoms with Gasteiger partial charge in [-0.3, -0.25) is 0 Å². The number of nitrogens with zero attached hydrogens (tertiary/aromatic N) is 2. The number of nitrogens with one attached hydrogen (secondary N) is 1. The molecular weight excluding hydrogens is 293 g/mol. The van der Waals surface area contributed by atoms with Crippen LogP contribution in [0.15, 0.2) is 48.7 Å². The average molecular weight is 308 g/mol. The zero-order valence-corrected chi connectivity index (χ0v) is 12.8. The molecular formula is C17H15N3OS. The van der Waals surface area contributed by atoms with Gasteiger partial charge in [0.1, 0.15) is 16.6 Å². The molecule has 0 saturated heterocycles. The minimum atomic E-state index is 0.268. The zero-order chi connectivity index (χ0) is 15.4. The Morgan fingerprint density at radius 1 is 1.14 bits per heavy atom. The van der Waals surface area contributed by atoms with Crippen molar-refractivity contribution in [2.45, 2.75) is 0 Å². The Balaban J connectivity index is 1.70. The predicted molar refractivity (Wildman–Crippen MR) is 93.1 cm³/mol. The second-order valence-corrected chi connectivity index (χ2v) is 5.71. The lowest BCUT2D eigenvalue weighted by molar-refractivity contribution is 0.476. The molecule has 0 saturated carbocycles. The minimum absolute atomic E-state index is 0.268. The van der Waals surface area contributed by atoms with Gasteiger partial charge in [0.15, 0.2) is 0 Å². The maximum absolute atomic E-state index is 9.46. The van der Waals surface area contributed by atoms with Crippen LogP contribution in [0.5, 0.6) is 5.75 Å². The third kappa shape index (κ3) is 3.32. The number of anilines is 1. The van der Waals surface area contributed by atoms with Crippen LogP contribution in [0, 0.1) is 0 Å². The van der Waals surface area contributed by atoms with Crippen LogP contribution >= 0.6 is 11.3 Å². The number of phenolic OH excluding ortho intramolecular Hbond substituents is 1. The molecule has 0 bridgehead atoms. The van der Waals surface area contributed by atoms with Crippen molar-refractivity contribution in [2.75, 3.05) is 12.4 Å². The van der Waals surface area contributed by atoms with Crippen LogP contribution in [0.25, 0.3) is 22.4 Å². The Hall–Kier alpha value is -2.66. The predicted octanol–water partition coefficient (Wildman–Crippen LogP) is 4.17. The molecule has 5 heteroatoms. The van der Waals surface area contributed by atoms with Crippen molar-refractivity contribution in [3.05, 3.63) is 59.3 Å². The van der Waals surface area contributed by atoms with E-state index in [4.69, 9.17) is 0 Å². The van der Waals surface area contributed by atoms with Crippen LogP contribution in [0.3, 0.4) is 0 Å². The fraction of sp³-hybridized carbons (Fsp3) is 0.0588. The fourth-order valence-electron chi connectivity index (χ4n) is 1.96. The maximum atomic E-state index is 9.46. The number of pyridine rings is 1. The van der Waals surface area contributed by atoms with Gasteiger partial charge in [-0.05, 0) is 42.0 Å². The number of allylic oxidation sites excluding steroid dienone is 2. The molecule has 0 unspecified atom stereocenters. The lowest BCUT2D eigenvalue weighted by Crippen LogP contribution is -1.90. The van der Waals surface area contributed by atoms with Crippen molar-refractivity contribution in [2.24, 2.45) is 0 Å². The summed E-state index contributed by atoms with van der Waals surface area (Å²) in [6.07, 6.45) is 9.66. The van der Waals surface area contributed by atoms with Crippen molar-refractivity contribution in [3.63, 3.8) is 0 Å². The third-order valence-electron chi connectivity index (χ3n) is 3.07. The average Bonchev–Trinajstić information content (AvgIpc) is 2.94. The quantitative estimate of drug-likeness (QED) is 0.710. The summed E-state index contributed by atoms with van der Waals surface area (Å²) in [5.74, 6) is 1.12. The molecule has 0 aliphatic heterocycles. The molecule has 4 nitrogen and oxygen atoms in total. The summed E-state index contributed by atoms with van der Waals surface area (Å²) in [4.78, 5) is 8.74. The van der Waals surface area contributed by atoms with Crippen LogP contribution in [0.4, 0.5) is 5.82 Å². The number of aromatic hydroxyl groups is 1. The smallest absolute Gasteiger partial charge is 0.125 e. The van der Waals surface area contributed by atoms with Gasteiger partial charge in [-0.15, -0.1) is 11.3 Å². The molecule has 0 aliphatic rings. The van der Waals surface area contributed by atoms with Gasteiger partial charge < -0.3 is 10.4 Å². The SMILES string of the molecule is [11CH3]Nc1ccc(C=CC=Cc2nc3ccc(O)cc3s2)cn1.